The van der Waals surface area contributed by atoms with Crippen molar-refractivity contribution in [3.05, 3.63) is 0 Å². The topological polar surface area (TPSA) is 12.0 Å². The second-order valence-electron chi connectivity index (χ2n) is 2.74. The third kappa shape index (κ3) is 5.84. The standard InChI is InChI=1S/C5H10.C3H9N/c1-5-3-2-4-5;1-3-4-2/h5H,2-4H2,1H3;4H,3H2,1-2H3. The molecule has 0 aromatic carbocycles. The van der Waals surface area contributed by atoms with Crippen LogP contribution in [0.1, 0.15) is 33.1 Å². The van der Waals surface area contributed by atoms with Gasteiger partial charge in [0.2, 0.25) is 0 Å². The van der Waals surface area contributed by atoms with Gasteiger partial charge in [-0.3, -0.25) is 0 Å². The summed E-state index contributed by atoms with van der Waals surface area (Å²) < 4.78 is 0. The first-order valence-electron chi connectivity index (χ1n) is 3.95. The SMILES string of the molecule is CC1CCC1.CCNC. The summed E-state index contributed by atoms with van der Waals surface area (Å²) in [5.74, 6) is 1.06. The molecule has 0 aliphatic heterocycles. The largest absolute Gasteiger partial charge is 0.320 e. The summed E-state index contributed by atoms with van der Waals surface area (Å²) in [6.45, 7) is 5.45. The first-order valence-corrected chi connectivity index (χ1v) is 3.95. The molecular formula is C8H19N. The molecule has 0 radical (unpaired) electrons. The van der Waals surface area contributed by atoms with Crippen molar-refractivity contribution in [2.45, 2.75) is 33.1 Å². The summed E-state index contributed by atoms with van der Waals surface area (Å²) in [5, 5.41) is 2.93. The van der Waals surface area contributed by atoms with Gasteiger partial charge in [0.05, 0.1) is 0 Å². The maximum atomic E-state index is 2.93. The quantitative estimate of drug-likeness (QED) is 0.571. The van der Waals surface area contributed by atoms with Crippen molar-refractivity contribution in [3.63, 3.8) is 0 Å². The molecule has 9 heavy (non-hydrogen) atoms. The van der Waals surface area contributed by atoms with Crippen molar-refractivity contribution in [1.82, 2.24) is 5.32 Å². The van der Waals surface area contributed by atoms with Gasteiger partial charge in [0.1, 0.15) is 0 Å². The minimum absolute atomic E-state index is 1.06. The van der Waals surface area contributed by atoms with Crippen LogP contribution in [0.3, 0.4) is 0 Å². The van der Waals surface area contributed by atoms with Gasteiger partial charge in [-0.15, -0.1) is 0 Å². The van der Waals surface area contributed by atoms with Crippen molar-refractivity contribution >= 4 is 0 Å². The van der Waals surface area contributed by atoms with Crippen LogP contribution in [0.15, 0.2) is 0 Å². The molecule has 1 N–H and O–H groups in total. The lowest BCUT2D eigenvalue weighted by Crippen LogP contribution is -2.04. The Morgan fingerprint density at radius 2 is 1.78 bits per heavy atom. The minimum atomic E-state index is 1.06. The Morgan fingerprint density at radius 1 is 1.44 bits per heavy atom. The Balaban J connectivity index is 0.000000148. The molecular weight excluding hydrogens is 110 g/mol. The molecule has 1 saturated carbocycles. The molecule has 0 bridgehead atoms. The second-order valence-corrected chi connectivity index (χ2v) is 2.74. The van der Waals surface area contributed by atoms with Crippen LogP contribution in [0.4, 0.5) is 0 Å². The van der Waals surface area contributed by atoms with Gasteiger partial charge in [-0.2, -0.15) is 0 Å². The molecule has 1 aliphatic rings. The summed E-state index contributed by atoms with van der Waals surface area (Å²) in [5.41, 5.74) is 0. The van der Waals surface area contributed by atoms with Gasteiger partial charge >= 0.3 is 0 Å². The lowest BCUT2D eigenvalue weighted by molar-refractivity contribution is 0.346. The maximum Gasteiger partial charge on any atom is -0.00804 e. The monoisotopic (exact) mass is 129 g/mol. The molecule has 0 amide bonds. The Labute approximate surface area is 58.8 Å². The average molecular weight is 129 g/mol. The molecule has 0 aromatic heterocycles. The fourth-order valence-corrected chi connectivity index (χ4v) is 0.612. The van der Waals surface area contributed by atoms with Crippen LogP contribution in [0.25, 0.3) is 0 Å². The third-order valence-corrected chi connectivity index (χ3v) is 1.75. The van der Waals surface area contributed by atoms with Gasteiger partial charge in [0.15, 0.2) is 0 Å². The van der Waals surface area contributed by atoms with E-state index >= 15 is 0 Å². The van der Waals surface area contributed by atoms with Crippen LogP contribution in [0.2, 0.25) is 0 Å². The fourth-order valence-electron chi connectivity index (χ4n) is 0.612. The van der Waals surface area contributed by atoms with E-state index in [2.05, 4.69) is 19.2 Å². The highest BCUT2D eigenvalue weighted by molar-refractivity contribution is 4.62. The van der Waals surface area contributed by atoms with Crippen LogP contribution in [0, 0.1) is 5.92 Å². The van der Waals surface area contributed by atoms with Crippen molar-refractivity contribution in [1.29, 1.82) is 0 Å². The van der Waals surface area contributed by atoms with E-state index in [1.54, 1.807) is 0 Å². The van der Waals surface area contributed by atoms with E-state index in [0.717, 1.165) is 12.5 Å². The first-order chi connectivity index (χ1) is 4.31. The molecule has 1 fully saturated rings. The normalized spacial score (nSPS) is 17.7. The Kier molecular flexibility index (Phi) is 6.06. The Hall–Kier alpha value is -0.0400. The van der Waals surface area contributed by atoms with E-state index in [0.29, 0.717) is 0 Å². The van der Waals surface area contributed by atoms with Gasteiger partial charge in [-0.1, -0.05) is 33.1 Å². The lowest BCUT2D eigenvalue weighted by atomic mass is 9.88. The molecule has 0 unspecified atom stereocenters. The molecule has 0 saturated heterocycles. The number of hydrogen-bond donors (Lipinski definition) is 1. The smallest absolute Gasteiger partial charge is 0.00804 e. The summed E-state index contributed by atoms with van der Waals surface area (Å²) in [6.07, 6.45) is 4.46. The first kappa shape index (κ1) is 8.96. The molecule has 0 aromatic rings. The van der Waals surface area contributed by atoms with Crippen molar-refractivity contribution in [2.24, 2.45) is 5.92 Å². The van der Waals surface area contributed by atoms with E-state index in [1.807, 2.05) is 7.05 Å². The highest BCUT2D eigenvalue weighted by Crippen LogP contribution is 2.24. The zero-order chi connectivity index (χ0) is 7.11. The molecule has 1 rings (SSSR count). The van der Waals surface area contributed by atoms with Gasteiger partial charge in [-0.05, 0) is 19.5 Å². The van der Waals surface area contributed by atoms with E-state index in [9.17, 15) is 0 Å². The molecule has 1 heteroatoms. The highest BCUT2D eigenvalue weighted by Gasteiger charge is 2.09. The molecule has 0 atom stereocenters. The third-order valence-electron chi connectivity index (χ3n) is 1.75. The van der Waals surface area contributed by atoms with E-state index < -0.39 is 0 Å². The van der Waals surface area contributed by atoms with Crippen molar-refractivity contribution in [3.8, 4) is 0 Å². The Morgan fingerprint density at radius 3 is 1.78 bits per heavy atom. The van der Waals surface area contributed by atoms with E-state index in [4.69, 9.17) is 0 Å². The highest BCUT2D eigenvalue weighted by atomic mass is 14.8. The zero-order valence-electron chi connectivity index (χ0n) is 6.91. The molecule has 1 nitrogen and oxygen atoms in total. The molecule has 1 aliphatic carbocycles. The zero-order valence-corrected chi connectivity index (χ0v) is 6.91. The van der Waals surface area contributed by atoms with Crippen LogP contribution in [0.5, 0.6) is 0 Å². The summed E-state index contributed by atoms with van der Waals surface area (Å²) in [7, 11) is 1.93. The van der Waals surface area contributed by atoms with Gasteiger partial charge < -0.3 is 5.32 Å². The van der Waals surface area contributed by atoms with Crippen molar-refractivity contribution in [2.75, 3.05) is 13.6 Å². The maximum absolute atomic E-state index is 2.93. The number of hydrogen-bond acceptors (Lipinski definition) is 1. The van der Waals surface area contributed by atoms with Crippen LogP contribution < -0.4 is 5.32 Å². The predicted molar refractivity (Wildman–Crippen MR) is 42.6 cm³/mol. The minimum Gasteiger partial charge on any atom is -0.320 e. The summed E-state index contributed by atoms with van der Waals surface area (Å²) >= 11 is 0. The fraction of sp³-hybridized carbons (Fsp3) is 1.00. The van der Waals surface area contributed by atoms with Gasteiger partial charge in [0, 0.05) is 0 Å². The lowest BCUT2D eigenvalue weighted by Gasteiger charge is -2.18. The average Bonchev–Trinajstić information content (AvgIpc) is 1.84. The van der Waals surface area contributed by atoms with Crippen LogP contribution in [-0.2, 0) is 0 Å². The summed E-state index contributed by atoms with van der Waals surface area (Å²) in [4.78, 5) is 0. The van der Waals surface area contributed by atoms with Crippen molar-refractivity contribution < 1.29 is 0 Å². The van der Waals surface area contributed by atoms with E-state index in [1.165, 1.54) is 19.3 Å². The van der Waals surface area contributed by atoms with Crippen LogP contribution >= 0.6 is 0 Å². The summed E-state index contributed by atoms with van der Waals surface area (Å²) in [6, 6.07) is 0. The Bertz CT molecular complexity index is 46.5. The molecule has 56 valence electrons. The predicted octanol–water partition coefficient (Wildman–Crippen LogP) is 2.03. The van der Waals surface area contributed by atoms with Gasteiger partial charge in [0.25, 0.3) is 0 Å². The van der Waals surface area contributed by atoms with Crippen LogP contribution in [-0.4, -0.2) is 13.6 Å². The molecule has 0 spiro atoms. The van der Waals surface area contributed by atoms with Gasteiger partial charge in [-0.25, -0.2) is 0 Å². The number of rotatable bonds is 1. The van der Waals surface area contributed by atoms with E-state index in [-0.39, 0.29) is 0 Å². The molecule has 0 heterocycles. The second kappa shape index (κ2) is 6.09. The number of nitrogens with one attached hydrogen (secondary N) is 1.